The molecular formula is C31H24O. The Kier molecular flexibility index (Phi) is 3.78. The first-order valence-corrected chi connectivity index (χ1v) is 11.6. The fraction of sp³-hybridized carbons (Fsp3) is 0.161. The molecule has 2 aliphatic rings. The average Bonchev–Trinajstić information content (AvgIpc) is 2.87. The molecule has 0 saturated heterocycles. The minimum absolute atomic E-state index is 0.925. The first kappa shape index (κ1) is 18.0. The Hall–Kier alpha value is -3.58. The van der Waals surface area contributed by atoms with E-state index >= 15 is 0 Å². The third kappa shape index (κ3) is 2.45. The molecule has 0 atom stereocenters. The van der Waals surface area contributed by atoms with Crippen LogP contribution in [0.2, 0.25) is 0 Å². The van der Waals surface area contributed by atoms with Gasteiger partial charge in [0.05, 0.1) is 7.11 Å². The lowest BCUT2D eigenvalue weighted by Gasteiger charge is -2.30. The van der Waals surface area contributed by atoms with Gasteiger partial charge in [-0.1, -0.05) is 66.7 Å². The van der Waals surface area contributed by atoms with Gasteiger partial charge in [-0.25, -0.2) is 0 Å². The summed E-state index contributed by atoms with van der Waals surface area (Å²) in [7, 11) is 1.76. The number of rotatable bonds is 1. The number of hydrogen-bond acceptors (Lipinski definition) is 1. The number of hydrogen-bond donors (Lipinski definition) is 0. The molecule has 7 rings (SSSR count). The summed E-state index contributed by atoms with van der Waals surface area (Å²) in [5.74, 6) is 0.925. The first-order valence-electron chi connectivity index (χ1n) is 11.6. The standard InChI is InChI=1S/C31H24O/c1-32-25-17-16-20-7-9-22-11-13-24-15-14-23-12-10-21-8-6-19-4-2-3-5-26(19)28(21)30(23)31(24)29(22)27(20)18-25/h2-9,14-18H,10-13H2,1H3. The third-order valence-corrected chi connectivity index (χ3v) is 7.54. The monoisotopic (exact) mass is 412 g/mol. The van der Waals surface area contributed by atoms with Gasteiger partial charge in [-0.15, -0.1) is 0 Å². The predicted octanol–water partition coefficient (Wildman–Crippen LogP) is 7.53. The van der Waals surface area contributed by atoms with Crippen molar-refractivity contribution in [1.29, 1.82) is 0 Å². The van der Waals surface area contributed by atoms with Gasteiger partial charge in [0.1, 0.15) is 5.75 Å². The molecule has 2 aliphatic carbocycles. The van der Waals surface area contributed by atoms with Crippen molar-refractivity contribution in [1.82, 2.24) is 0 Å². The minimum atomic E-state index is 0.925. The van der Waals surface area contributed by atoms with Crippen LogP contribution >= 0.6 is 0 Å². The van der Waals surface area contributed by atoms with Gasteiger partial charge in [-0.2, -0.15) is 0 Å². The number of ether oxygens (including phenoxy) is 1. The maximum Gasteiger partial charge on any atom is 0.119 e. The van der Waals surface area contributed by atoms with Crippen molar-refractivity contribution in [2.45, 2.75) is 25.7 Å². The molecule has 0 bridgehead atoms. The highest BCUT2D eigenvalue weighted by Gasteiger charge is 2.28. The highest BCUT2D eigenvalue weighted by molar-refractivity contribution is 6.09. The summed E-state index contributed by atoms with van der Waals surface area (Å²) >= 11 is 0. The summed E-state index contributed by atoms with van der Waals surface area (Å²) in [5.41, 5.74) is 11.7. The lowest BCUT2D eigenvalue weighted by atomic mass is 9.73. The van der Waals surface area contributed by atoms with Crippen LogP contribution in [0, 0.1) is 0 Å². The molecule has 154 valence electrons. The lowest BCUT2D eigenvalue weighted by Crippen LogP contribution is -2.12. The van der Waals surface area contributed by atoms with Gasteiger partial charge in [0.2, 0.25) is 0 Å². The second kappa shape index (κ2) is 6.71. The largest absolute Gasteiger partial charge is 0.497 e. The van der Waals surface area contributed by atoms with Crippen molar-refractivity contribution in [3.63, 3.8) is 0 Å². The topological polar surface area (TPSA) is 9.23 Å². The normalized spacial score (nSPS) is 13.9. The van der Waals surface area contributed by atoms with Gasteiger partial charge in [-0.3, -0.25) is 0 Å². The summed E-state index contributed by atoms with van der Waals surface area (Å²) in [6.45, 7) is 0. The van der Waals surface area contributed by atoms with Gasteiger partial charge in [0.25, 0.3) is 0 Å². The molecule has 0 fully saturated rings. The Morgan fingerprint density at radius 2 is 1.00 bits per heavy atom. The molecule has 0 radical (unpaired) electrons. The van der Waals surface area contributed by atoms with Crippen LogP contribution in [0.15, 0.2) is 78.9 Å². The molecular weight excluding hydrogens is 388 g/mol. The van der Waals surface area contributed by atoms with Crippen LogP contribution in [-0.2, 0) is 25.7 Å². The zero-order chi connectivity index (χ0) is 21.2. The van der Waals surface area contributed by atoms with E-state index in [1.807, 2.05) is 0 Å². The zero-order valence-corrected chi connectivity index (χ0v) is 18.2. The van der Waals surface area contributed by atoms with E-state index in [-0.39, 0.29) is 0 Å². The van der Waals surface area contributed by atoms with E-state index in [9.17, 15) is 0 Å². The van der Waals surface area contributed by atoms with Crippen molar-refractivity contribution in [3.05, 3.63) is 101 Å². The molecule has 5 aromatic carbocycles. The quantitative estimate of drug-likeness (QED) is 0.276. The average molecular weight is 413 g/mol. The molecule has 1 heteroatoms. The highest BCUT2D eigenvalue weighted by Crippen LogP contribution is 2.50. The van der Waals surface area contributed by atoms with E-state index in [1.54, 1.807) is 7.11 Å². The second-order valence-corrected chi connectivity index (χ2v) is 9.14. The zero-order valence-electron chi connectivity index (χ0n) is 18.2. The fourth-order valence-corrected chi connectivity index (χ4v) is 6.01. The molecule has 0 saturated carbocycles. The van der Waals surface area contributed by atoms with Gasteiger partial charge in [-0.05, 0) is 104 Å². The molecule has 5 aromatic rings. The Morgan fingerprint density at radius 1 is 0.500 bits per heavy atom. The van der Waals surface area contributed by atoms with Crippen LogP contribution in [0.1, 0.15) is 22.3 Å². The second-order valence-electron chi connectivity index (χ2n) is 9.14. The molecule has 0 amide bonds. The van der Waals surface area contributed by atoms with Crippen LogP contribution in [0.25, 0.3) is 43.8 Å². The summed E-state index contributed by atoms with van der Waals surface area (Å²) in [5, 5.41) is 5.30. The predicted molar refractivity (Wildman–Crippen MR) is 134 cm³/mol. The minimum Gasteiger partial charge on any atom is -0.497 e. The Morgan fingerprint density at radius 3 is 1.66 bits per heavy atom. The van der Waals surface area contributed by atoms with E-state index in [2.05, 4.69) is 78.9 Å². The van der Waals surface area contributed by atoms with Gasteiger partial charge in [0, 0.05) is 0 Å². The maximum absolute atomic E-state index is 5.63. The summed E-state index contributed by atoms with van der Waals surface area (Å²) < 4.78 is 5.63. The van der Waals surface area contributed by atoms with E-state index < -0.39 is 0 Å². The molecule has 0 aliphatic heterocycles. The number of methoxy groups -OCH3 is 1. The summed E-state index contributed by atoms with van der Waals surface area (Å²) in [6.07, 6.45) is 4.42. The van der Waals surface area contributed by atoms with Crippen molar-refractivity contribution < 1.29 is 4.74 Å². The Bertz CT molecular complexity index is 1550. The Balaban J connectivity index is 1.65. The van der Waals surface area contributed by atoms with Crippen LogP contribution in [0.5, 0.6) is 5.75 Å². The number of aryl methyl sites for hydroxylation is 4. The smallest absolute Gasteiger partial charge is 0.119 e. The van der Waals surface area contributed by atoms with Crippen LogP contribution in [0.4, 0.5) is 0 Å². The van der Waals surface area contributed by atoms with Gasteiger partial charge >= 0.3 is 0 Å². The third-order valence-electron chi connectivity index (χ3n) is 7.54. The molecule has 0 unspecified atom stereocenters. The van der Waals surface area contributed by atoms with E-state index in [4.69, 9.17) is 4.74 Å². The lowest BCUT2D eigenvalue weighted by molar-refractivity contribution is 0.415. The number of benzene rings is 5. The maximum atomic E-state index is 5.63. The molecule has 32 heavy (non-hydrogen) atoms. The number of fused-ring (bicyclic) bond motifs is 11. The van der Waals surface area contributed by atoms with Crippen molar-refractivity contribution in [2.75, 3.05) is 7.11 Å². The van der Waals surface area contributed by atoms with Crippen molar-refractivity contribution in [3.8, 4) is 28.0 Å². The first-order chi connectivity index (χ1) is 15.8. The molecule has 1 nitrogen and oxygen atoms in total. The highest BCUT2D eigenvalue weighted by atomic mass is 16.5. The summed E-state index contributed by atoms with van der Waals surface area (Å²) in [6, 6.07) is 29.4. The molecule has 0 aromatic heterocycles. The van der Waals surface area contributed by atoms with Crippen LogP contribution in [0.3, 0.4) is 0 Å². The summed E-state index contributed by atoms with van der Waals surface area (Å²) in [4.78, 5) is 0. The Labute approximate surface area is 188 Å². The van der Waals surface area contributed by atoms with Crippen LogP contribution in [-0.4, -0.2) is 7.11 Å². The molecule has 0 N–H and O–H groups in total. The molecule has 0 heterocycles. The van der Waals surface area contributed by atoms with Gasteiger partial charge in [0.15, 0.2) is 0 Å². The van der Waals surface area contributed by atoms with E-state index in [1.165, 1.54) is 66.1 Å². The van der Waals surface area contributed by atoms with Crippen molar-refractivity contribution in [2.24, 2.45) is 0 Å². The van der Waals surface area contributed by atoms with Crippen LogP contribution < -0.4 is 4.74 Å². The SMILES string of the molecule is COc1ccc2ccc3c(c2c1)-c1c(ccc2c1-c1c(ccc4ccccc14)CC2)CC3. The van der Waals surface area contributed by atoms with Crippen molar-refractivity contribution >= 4 is 21.5 Å². The molecule has 0 spiro atoms. The van der Waals surface area contributed by atoms with Gasteiger partial charge < -0.3 is 4.74 Å². The fourth-order valence-electron chi connectivity index (χ4n) is 6.01. The van der Waals surface area contributed by atoms with E-state index in [0.717, 1.165) is 31.4 Å². The van der Waals surface area contributed by atoms with E-state index in [0.29, 0.717) is 0 Å².